The first-order chi connectivity index (χ1) is 14.2. The molecule has 1 aromatic rings. The van der Waals surface area contributed by atoms with Gasteiger partial charge in [-0.15, -0.1) is 0 Å². The smallest absolute Gasteiger partial charge is 0.279 e. The molecule has 0 radical (unpaired) electrons. The Kier molecular flexibility index (Phi) is 5.55. The van der Waals surface area contributed by atoms with Crippen LogP contribution in [0.15, 0.2) is 12.1 Å². The number of rotatable bonds is 6. The van der Waals surface area contributed by atoms with Gasteiger partial charge >= 0.3 is 0 Å². The van der Waals surface area contributed by atoms with Crippen molar-refractivity contribution in [1.82, 2.24) is 5.32 Å². The summed E-state index contributed by atoms with van der Waals surface area (Å²) < 4.78 is 40.1. The van der Waals surface area contributed by atoms with E-state index in [0.29, 0.717) is 22.7 Å². The van der Waals surface area contributed by atoms with Crippen LogP contribution in [0.5, 0.6) is 0 Å². The number of anilines is 1. The Labute approximate surface area is 174 Å². The van der Waals surface area contributed by atoms with E-state index in [1.54, 1.807) is 14.0 Å². The van der Waals surface area contributed by atoms with Crippen molar-refractivity contribution >= 4 is 17.5 Å². The van der Waals surface area contributed by atoms with Crippen LogP contribution in [-0.2, 0) is 9.59 Å². The molecule has 4 saturated carbocycles. The SMILES string of the molecule is C[C@@H](C(=O)NC12CC3CC(CC(C3)C1)C2)[NH+](C)CC(=O)Nc1ccc(F)c(F)c1F. The molecule has 4 fully saturated rings. The van der Waals surface area contributed by atoms with Gasteiger partial charge in [0, 0.05) is 5.54 Å². The molecule has 0 heterocycles. The molecule has 2 amide bonds. The van der Waals surface area contributed by atoms with E-state index in [9.17, 15) is 22.8 Å². The number of quaternary nitrogens is 1. The predicted octanol–water partition coefficient (Wildman–Crippen LogP) is 2.03. The average molecular weight is 424 g/mol. The van der Waals surface area contributed by atoms with Crippen LogP contribution in [-0.4, -0.2) is 37.0 Å². The zero-order valence-corrected chi connectivity index (χ0v) is 17.4. The zero-order valence-electron chi connectivity index (χ0n) is 17.4. The molecule has 0 saturated heterocycles. The summed E-state index contributed by atoms with van der Waals surface area (Å²) in [5.74, 6) is -2.89. The van der Waals surface area contributed by atoms with Crippen molar-refractivity contribution in [2.75, 3.05) is 18.9 Å². The van der Waals surface area contributed by atoms with Gasteiger partial charge < -0.3 is 15.5 Å². The van der Waals surface area contributed by atoms with E-state index >= 15 is 0 Å². The summed E-state index contributed by atoms with van der Waals surface area (Å²) in [6.07, 6.45) is 7.01. The van der Waals surface area contributed by atoms with Gasteiger partial charge in [0.05, 0.1) is 12.7 Å². The Morgan fingerprint density at radius 2 is 1.63 bits per heavy atom. The highest BCUT2D eigenvalue weighted by Crippen LogP contribution is 2.55. The van der Waals surface area contributed by atoms with Crippen molar-refractivity contribution in [2.24, 2.45) is 17.8 Å². The Morgan fingerprint density at radius 1 is 1.07 bits per heavy atom. The molecule has 5 rings (SSSR count). The van der Waals surface area contributed by atoms with Gasteiger partial charge in [-0.2, -0.15) is 0 Å². The molecule has 4 aliphatic carbocycles. The molecule has 4 bridgehead atoms. The van der Waals surface area contributed by atoms with Gasteiger partial charge in [-0.05, 0) is 75.3 Å². The highest BCUT2D eigenvalue weighted by atomic mass is 19.2. The standard InChI is InChI=1S/C22H28F3N3O2/c1-12(21(30)27-22-8-13-5-14(9-22)7-15(6-13)10-22)28(2)11-18(29)26-17-4-3-16(23)19(24)20(17)25/h3-4,12-15H,5-11H2,1-2H3,(H,26,29)(H,27,30)/p+1/t12-,13?,14?,15?,22?/m0/s1. The van der Waals surface area contributed by atoms with Crippen LogP contribution in [0.25, 0.3) is 0 Å². The third-order valence-electron chi connectivity index (χ3n) is 7.31. The molecule has 8 heteroatoms. The van der Waals surface area contributed by atoms with E-state index in [4.69, 9.17) is 0 Å². The lowest BCUT2D eigenvalue weighted by Gasteiger charge is -2.57. The quantitative estimate of drug-likeness (QED) is 0.612. The van der Waals surface area contributed by atoms with Crippen molar-refractivity contribution in [1.29, 1.82) is 0 Å². The molecule has 0 spiro atoms. The number of hydrogen-bond donors (Lipinski definition) is 3. The Morgan fingerprint density at radius 3 is 2.20 bits per heavy atom. The second kappa shape index (κ2) is 7.87. The van der Waals surface area contributed by atoms with Gasteiger partial charge in [0.2, 0.25) is 0 Å². The predicted molar refractivity (Wildman–Crippen MR) is 105 cm³/mol. The average Bonchev–Trinajstić information content (AvgIpc) is 2.66. The number of halogens is 3. The lowest BCUT2D eigenvalue weighted by Crippen LogP contribution is -3.15. The molecule has 1 unspecified atom stereocenters. The van der Waals surface area contributed by atoms with E-state index in [0.717, 1.165) is 31.4 Å². The molecule has 5 nitrogen and oxygen atoms in total. The van der Waals surface area contributed by atoms with Gasteiger partial charge in [-0.25, -0.2) is 13.2 Å². The molecule has 164 valence electrons. The fourth-order valence-electron chi connectivity index (χ4n) is 6.08. The highest BCUT2D eigenvalue weighted by Gasteiger charge is 2.52. The number of carbonyl (C=O) groups excluding carboxylic acids is 2. The third-order valence-corrected chi connectivity index (χ3v) is 7.31. The minimum absolute atomic E-state index is 0.0822. The lowest BCUT2D eigenvalue weighted by molar-refractivity contribution is -0.885. The first-order valence-electron chi connectivity index (χ1n) is 10.7. The van der Waals surface area contributed by atoms with Crippen molar-refractivity contribution in [3.63, 3.8) is 0 Å². The number of amides is 2. The molecule has 4 aliphatic rings. The molecule has 3 N–H and O–H groups in total. The van der Waals surface area contributed by atoms with Crippen LogP contribution in [0, 0.1) is 35.2 Å². The molecule has 0 aliphatic heterocycles. The van der Waals surface area contributed by atoms with E-state index in [-0.39, 0.29) is 18.0 Å². The van der Waals surface area contributed by atoms with Crippen molar-refractivity contribution < 1.29 is 27.7 Å². The third kappa shape index (κ3) is 4.06. The number of likely N-dealkylation sites (N-methyl/N-ethyl adjacent to an activating group) is 1. The number of carbonyl (C=O) groups is 2. The maximum Gasteiger partial charge on any atom is 0.279 e. The minimum atomic E-state index is -1.63. The number of benzene rings is 1. The largest absolute Gasteiger partial charge is 0.345 e. The first-order valence-corrected chi connectivity index (χ1v) is 10.7. The normalized spacial score (nSPS) is 31.3. The van der Waals surface area contributed by atoms with E-state index in [1.165, 1.54) is 19.3 Å². The first kappa shape index (κ1) is 21.2. The molecule has 2 atom stereocenters. The Hall–Kier alpha value is -2.09. The van der Waals surface area contributed by atoms with E-state index in [1.807, 2.05) is 0 Å². The number of nitrogens with one attached hydrogen (secondary N) is 3. The van der Waals surface area contributed by atoms with Crippen LogP contribution < -0.4 is 15.5 Å². The van der Waals surface area contributed by atoms with E-state index in [2.05, 4.69) is 10.6 Å². The summed E-state index contributed by atoms with van der Waals surface area (Å²) in [6.45, 7) is 1.66. The maximum atomic E-state index is 13.8. The van der Waals surface area contributed by atoms with Crippen LogP contribution in [0.3, 0.4) is 0 Å². The van der Waals surface area contributed by atoms with Crippen LogP contribution >= 0.6 is 0 Å². The molecular weight excluding hydrogens is 395 g/mol. The summed E-state index contributed by atoms with van der Waals surface area (Å²) >= 11 is 0. The summed E-state index contributed by atoms with van der Waals surface area (Å²) in [7, 11) is 1.71. The molecule has 1 aromatic carbocycles. The molecular formula is C22H29F3N3O2+. The summed E-state index contributed by atoms with van der Waals surface area (Å²) in [5.41, 5.74) is -0.519. The maximum absolute atomic E-state index is 13.8. The summed E-state index contributed by atoms with van der Waals surface area (Å²) in [4.78, 5) is 25.8. The van der Waals surface area contributed by atoms with Gasteiger partial charge in [-0.1, -0.05) is 0 Å². The van der Waals surface area contributed by atoms with Gasteiger partial charge in [0.1, 0.15) is 0 Å². The van der Waals surface area contributed by atoms with Crippen LogP contribution in [0.2, 0.25) is 0 Å². The summed E-state index contributed by atoms with van der Waals surface area (Å²) in [5, 5.41) is 5.56. The Bertz CT molecular complexity index is 825. The molecule has 30 heavy (non-hydrogen) atoms. The monoisotopic (exact) mass is 424 g/mol. The van der Waals surface area contributed by atoms with E-state index < -0.39 is 35.1 Å². The minimum Gasteiger partial charge on any atom is -0.345 e. The lowest BCUT2D eigenvalue weighted by atomic mass is 9.53. The number of hydrogen-bond acceptors (Lipinski definition) is 2. The fourth-order valence-corrected chi connectivity index (χ4v) is 6.08. The van der Waals surface area contributed by atoms with Gasteiger partial charge in [-0.3, -0.25) is 9.59 Å². The van der Waals surface area contributed by atoms with Crippen LogP contribution in [0.1, 0.15) is 45.4 Å². The van der Waals surface area contributed by atoms with Crippen LogP contribution in [0.4, 0.5) is 18.9 Å². The van der Waals surface area contributed by atoms with Crippen molar-refractivity contribution in [3.05, 3.63) is 29.6 Å². The topological polar surface area (TPSA) is 62.6 Å². The van der Waals surface area contributed by atoms with Gasteiger partial charge in [0.25, 0.3) is 11.8 Å². The summed E-state index contributed by atoms with van der Waals surface area (Å²) in [6, 6.07) is 1.26. The molecule has 0 aromatic heterocycles. The van der Waals surface area contributed by atoms with Gasteiger partial charge in [0.15, 0.2) is 30.0 Å². The fraction of sp³-hybridized carbons (Fsp3) is 0.636. The zero-order chi connectivity index (χ0) is 21.6. The second-order valence-electron chi connectivity index (χ2n) is 9.70. The Balaban J connectivity index is 1.33. The second-order valence-corrected chi connectivity index (χ2v) is 9.70. The van der Waals surface area contributed by atoms with Crippen molar-refractivity contribution in [2.45, 2.75) is 57.0 Å². The van der Waals surface area contributed by atoms with Crippen molar-refractivity contribution in [3.8, 4) is 0 Å². The highest BCUT2D eigenvalue weighted by molar-refractivity contribution is 5.91.